The molecule has 2 aromatic rings. The second-order valence-electron chi connectivity index (χ2n) is 10.6. The number of hydrogen-bond acceptors (Lipinski definition) is 6. The number of allylic oxidation sites excluding steroid dienone is 4. The SMILES string of the molecule is CC(C)=CCc1c(O)c(CC=C(C)C)c2c(c1O)C(=O)CC(c1cc(O)c3c(c1)C=CC(C)(C)O3)O2. The Bertz CT molecular complexity index is 1320. The van der Waals surface area contributed by atoms with Gasteiger partial charge in [-0.25, -0.2) is 0 Å². The fourth-order valence-electron chi connectivity index (χ4n) is 4.50. The van der Waals surface area contributed by atoms with E-state index in [4.69, 9.17) is 9.47 Å². The predicted molar refractivity (Wildman–Crippen MR) is 140 cm³/mol. The summed E-state index contributed by atoms with van der Waals surface area (Å²) in [4.78, 5) is 13.4. The molecule has 1 unspecified atom stereocenters. The topological polar surface area (TPSA) is 96.2 Å². The van der Waals surface area contributed by atoms with Crippen LogP contribution < -0.4 is 9.47 Å². The molecule has 0 amide bonds. The van der Waals surface area contributed by atoms with Gasteiger partial charge < -0.3 is 24.8 Å². The third kappa shape index (κ3) is 4.85. The van der Waals surface area contributed by atoms with Crippen LogP contribution in [-0.4, -0.2) is 26.7 Å². The van der Waals surface area contributed by atoms with Gasteiger partial charge in [-0.1, -0.05) is 29.4 Å². The molecule has 0 aromatic heterocycles. The number of phenolic OH excluding ortho intramolecular Hbond substituents is 3. The number of hydrogen-bond donors (Lipinski definition) is 3. The van der Waals surface area contributed by atoms with Crippen LogP contribution >= 0.6 is 0 Å². The Kier molecular flexibility index (Phi) is 6.65. The molecule has 0 bridgehead atoms. The van der Waals surface area contributed by atoms with E-state index in [9.17, 15) is 20.1 Å². The van der Waals surface area contributed by atoms with Gasteiger partial charge in [0.25, 0.3) is 0 Å². The standard InChI is InChI=1S/C30H34O6/c1-16(2)7-9-20-26(33)21(10-8-17(3)4)29-25(27(20)34)22(31)15-24(35-29)19-13-18-11-12-30(5,6)36-28(18)23(32)14-19/h7-8,11-14,24,32-34H,9-10,15H2,1-6H3. The molecular formula is C30H34O6. The van der Waals surface area contributed by atoms with Crippen molar-refractivity contribution < 1.29 is 29.6 Å². The first-order chi connectivity index (χ1) is 16.9. The molecule has 36 heavy (non-hydrogen) atoms. The van der Waals surface area contributed by atoms with Crippen LogP contribution in [0.2, 0.25) is 0 Å². The summed E-state index contributed by atoms with van der Waals surface area (Å²) in [6.45, 7) is 11.6. The summed E-state index contributed by atoms with van der Waals surface area (Å²) in [6, 6.07) is 3.39. The van der Waals surface area contributed by atoms with Crippen LogP contribution in [0.4, 0.5) is 0 Å². The van der Waals surface area contributed by atoms with Gasteiger partial charge in [-0.15, -0.1) is 0 Å². The minimum atomic E-state index is -0.697. The molecule has 4 rings (SSSR count). The second kappa shape index (κ2) is 9.41. The number of aromatic hydroxyl groups is 3. The molecule has 2 aliphatic heterocycles. The van der Waals surface area contributed by atoms with Gasteiger partial charge in [-0.05, 0) is 78.2 Å². The van der Waals surface area contributed by atoms with E-state index in [0.717, 1.165) is 11.1 Å². The van der Waals surface area contributed by atoms with E-state index in [2.05, 4.69) is 0 Å². The molecule has 0 saturated heterocycles. The monoisotopic (exact) mass is 490 g/mol. The number of carbonyl (C=O) groups excluding carboxylic acids is 1. The minimum absolute atomic E-state index is 0.0101. The Balaban J connectivity index is 1.82. The second-order valence-corrected chi connectivity index (χ2v) is 10.6. The zero-order chi connectivity index (χ0) is 26.4. The number of Topliss-reactive ketones (excluding diaryl/α,β-unsaturated/α-hetero) is 1. The van der Waals surface area contributed by atoms with E-state index in [1.54, 1.807) is 6.07 Å². The Labute approximate surface area is 212 Å². The molecule has 190 valence electrons. The highest BCUT2D eigenvalue weighted by atomic mass is 16.5. The van der Waals surface area contributed by atoms with E-state index in [1.165, 1.54) is 0 Å². The van der Waals surface area contributed by atoms with E-state index in [0.29, 0.717) is 40.8 Å². The van der Waals surface area contributed by atoms with Crippen molar-refractivity contribution in [2.45, 2.75) is 72.5 Å². The minimum Gasteiger partial charge on any atom is -0.507 e. The summed E-state index contributed by atoms with van der Waals surface area (Å²) >= 11 is 0. The van der Waals surface area contributed by atoms with E-state index >= 15 is 0 Å². The van der Waals surface area contributed by atoms with Gasteiger partial charge in [0.15, 0.2) is 17.3 Å². The van der Waals surface area contributed by atoms with Gasteiger partial charge in [-0.3, -0.25) is 4.79 Å². The van der Waals surface area contributed by atoms with Gasteiger partial charge in [0.05, 0.1) is 6.42 Å². The fraction of sp³-hybridized carbons (Fsp3) is 0.367. The van der Waals surface area contributed by atoms with Crippen molar-refractivity contribution in [2.75, 3.05) is 0 Å². The summed E-state index contributed by atoms with van der Waals surface area (Å²) in [7, 11) is 0. The first-order valence-corrected chi connectivity index (χ1v) is 12.2. The highest BCUT2D eigenvalue weighted by Gasteiger charge is 2.36. The molecule has 2 heterocycles. The van der Waals surface area contributed by atoms with Crippen molar-refractivity contribution in [3.63, 3.8) is 0 Å². The largest absolute Gasteiger partial charge is 0.507 e. The van der Waals surface area contributed by atoms with Crippen LogP contribution in [0.3, 0.4) is 0 Å². The number of ether oxygens (including phenoxy) is 2. The Morgan fingerprint density at radius 1 is 0.972 bits per heavy atom. The molecule has 0 fully saturated rings. The van der Waals surface area contributed by atoms with Crippen LogP contribution in [0.15, 0.2) is 41.5 Å². The maximum absolute atomic E-state index is 13.4. The fourth-order valence-corrected chi connectivity index (χ4v) is 4.50. The number of phenols is 3. The highest BCUT2D eigenvalue weighted by molar-refractivity contribution is 6.04. The zero-order valence-electron chi connectivity index (χ0n) is 21.7. The van der Waals surface area contributed by atoms with Crippen molar-refractivity contribution >= 4 is 11.9 Å². The van der Waals surface area contributed by atoms with Gasteiger partial charge in [0.1, 0.15) is 34.5 Å². The molecule has 1 atom stereocenters. The van der Waals surface area contributed by atoms with Crippen LogP contribution in [0.25, 0.3) is 6.08 Å². The lowest BCUT2D eigenvalue weighted by Gasteiger charge is -2.31. The first kappa shape index (κ1) is 25.4. The first-order valence-electron chi connectivity index (χ1n) is 12.2. The summed E-state index contributed by atoms with van der Waals surface area (Å²) in [6.07, 6.45) is 7.57. The third-order valence-electron chi connectivity index (χ3n) is 6.46. The molecule has 2 aromatic carbocycles. The van der Waals surface area contributed by atoms with Crippen molar-refractivity contribution in [3.8, 4) is 28.7 Å². The quantitative estimate of drug-likeness (QED) is 0.403. The Hall–Kier alpha value is -3.67. The van der Waals surface area contributed by atoms with Crippen molar-refractivity contribution in [1.29, 1.82) is 0 Å². The van der Waals surface area contributed by atoms with Crippen LogP contribution in [-0.2, 0) is 12.8 Å². The lowest BCUT2D eigenvalue weighted by molar-refractivity contribution is 0.0841. The van der Waals surface area contributed by atoms with Crippen molar-refractivity contribution in [3.05, 3.63) is 69.3 Å². The molecule has 3 N–H and O–H groups in total. The van der Waals surface area contributed by atoms with E-state index < -0.39 is 11.7 Å². The summed E-state index contributed by atoms with van der Waals surface area (Å²) < 4.78 is 12.2. The number of ketones is 1. The van der Waals surface area contributed by atoms with Crippen LogP contribution in [0.5, 0.6) is 28.7 Å². The molecule has 0 saturated carbocycles. The molecule has 6 nitrogen and oxygen atoms in total. The van der Waals surface area contributed by atoms with Gasteiger partial charge >= 0.3 is 0 Å². The number of carbonyl (C=O) groups is 1. The number of benzene rings is 2. The average molecular weight is 491 g/mol. The van der Waals surface area contributed by atoms with Crippen LogP contribution in [0.1, 0.15) is 86.7 Å². The highest BCUT2D eigenvalue weighted by Crippen LogP contribution is 2.50. The van der Waals surface area contributed by atoms with Crippen LogP contribution in [0, 0.1) is 0 Å². The normalized spacial score (nSPS) is 17.4. The maximum Gasteiger partial charge on any atom is 0.174 e. The van der Waals surface area contributed by atoms with Gasteiger partial charge in [-0.2, -0.15) is 0 Å². The lowest BCUT2D eigenvalue weighted by atomic mass is 9.88. The van der Waals surface area contributed by atoms with Crippen molar-refractivity contribution in [1.82, 2.24) is 0 Å². The molecule has 6 heteroatoms. The number of fused-ring (bicyclic) bond motifs is 2. The predicted octanol–water partition coefficient (Wildman–Crippen LogP) is 6.71. The number of rotatable bonds is 5. The Morgan fingerprint density at radius 3 is 2.25 bits per heavy atom. The third-order valence-corrected chi connectivity index (χ3v) is 6.46. The van der Waals surface area contributed by atoms with Crippen molar-refractivity contribution in [2.24, 2.45) is 0 Å². The smallest absolute Gasteiger partial charge is 0.174 e. The molecule has 0 radical (unpaired) electrons. The summed E-state index contributed by atoms with van der Waals surface area (Å²) in [5.74, 6) is -0.0417. The molecule has 2 aliphatic rings. The van der Waals surface area contributed by atoms with Gasteiger partial charge in [0, 0.05) is 16.7 Å². The maximum atomic E-state index is 13.4. The van der Waals surface area contributed by atoms with E-state index in [-0.39, 0.29) is 40.8 Å². The molecule has 0 spiro atoms. The lowest BCUT2D eigenvalue weighted by Crippen LogP contribution is -2.28. The molecular weight excluding hydrogens is 456 g/mol. The van der Waals surface area contributed by atoms with E-state index in [1.807, 2.05) is 71.9 Å². The molecule has 0 aliphatic carbocycles. The summed E-state index contributed by atoms with van der Waals surface area (Å²) in [5.41, 5.74) is 3.73. The zero-order valence-corrected chi connectivity index (χ0v) is 21.7. The Morgan fingerprint density at radius 2 is 1.61 bits per heavy atom. The van der Waals surface area contributed by atoms with Gasteiger partial charge in [0.2, 0.25) is 0 Å². The average Bonchev–Trinajstić information content (AvgIpc) is 2.78. The summed E-state index contributed by atoms with van der Waals surface area (Å²) in [5, 5.41) is 32.9.